The molecule has 33 heavy (non-hydrogen) atoms. The largest absolute Gasteiger partial charge is 0.360 e. The lowest BCUT2D eigenvalue weighted by molar-refractivity contribution is -0.113. The van der Waals surface area contributed by atoms with Gasteiger partial charge in [0.25, 0.3) is 0 Å². The molecule has 9 heteroatoms. The molecular formula is C24H17F2N5OS. The van der Waals surface area contributed by atoms with Gasteiger partial charge in [-0.25, -0.2) is 8.78 Å². The highest BCUT2D eigenvalue weighted by molar-refractivity contribution is 7.99. The molecule has 2 heterocycles. The smallest absolute Gasteiger partial charge is 0.234 e. The van der Waals surface area contributed by atoms with Gasteiger partial charge in [-0.1, -0.05) is 42.1 Å². The van der Waals surface area contributed by atoms with Crippen LogP contribution in [0.1, 0.15) is 0 Å². The van der Waals surface area contributed by atoms with Crippen LogP contribution in [-0.4, -0.2) is 31.4 Å². The number of nitrogens with zero attached hydrogens (tertiary/aromatic N) is 3. The number of hydrogen-bond acceptors (Lipinski definition) is 4. The molecule has 0 unspecified atom stereocenters. The molecule has 5 aromatic rings. The molecule has 0 radical (unpaired) electrons. The van der Waals surface area contributed by atoms with Crippen molar-refractivity contribution < 1.29 is 13.6 Å². The summed E-state index contributed by atoms with van der Waals surface area (Å²) in [6.45, 7) is 0. The zero-order valence-electron chi connectivity index (χ0n) is 17.1. The Labute approximate surface area is 191 Å². The third kappa shape index (κ3) is 4.22. The highest BCUT2D eigenvalue weighted by Crippen LogP contribution is 2.32. The molecule has 2 aromatic heterocycles. The monoisotopic (exact) mass is 461 g/mol. The maximum atomic E-state index is 13.8. The summed E-state index contributed by atoms with van der Waals surface area (Å²) in [5.41, 5.74) is 2.53. The highest BCUT2D eigenvalue weighted by Gasteiger charge is 2.20. The summed E-state index contributed by atoms with van der Waals surface area (Å²) in [6, 6.07) is 19.7. The lowest BCUT2D eigenvalue weighted by atomic mass is 10.1. The lowest BCUT2D eigenvalue weighted by Crippen LogP contribution is -2.15. The van der Waals surface area contributed by atoms with Gasteiger partial charge in [0, 0.05) is 28.4 Å². The summed E-state index contributed by atoms with van der Waals surface area (Å²) in [7, 11) is 0. The fourth-order valence-corrected chi connectivity index (χ4v) is 4.25. The standard InChI is InChI=1S/C24H17F2N5OS/c25-15-9-11-16(12-10-15)31-23(18-13-27-20-7-3-1-5-17(18)20)29-30-24(31)33-14-22(32)28-21-8-4-2-6-19(21)26/h1-13,27H,14H2,(H,28,32). The van der Waals surface area contributed by atoms with E-state index in [1.807, 2.05) is 30.5 Å². The molecular weight excluding hydrogens is 444 g/mol. The normalized spacial score (nSPS) is 11.1. The van der Waals surface area contributed by atoms with E-state index in [1.54, 1.807) is 28.8 Å². The van der Waals surface area contributed by atoms with E-state index in [0.29, 0.717) is 16.7 Å². The molecule has 0 atom stereocenters. The van der Waals surface area contributed by atoms with Crippen LogP contribution in [0.4, 0.5) is 14.5 Å². The van der Waals surface area contributed by atoms with Gasteiger partial charge in [-0.15, -0.1) is 10.2 Å². The van der Waals surface area contributed by atoms with Crippen LogP contribution in [-0.2, 0) is 4.79 Å². The fraction of sp³-hybridized carbons (Fsp3) is 0.0417. The zero-order valence-corrected chi connectivity index (χ0v) is 17.9. The Bertz CT molecular complexity index is 1450. The molecule has 164 valence electrons. The van der Waals surface area contributed by atoms with Crippen molar-refractivity contribution in [2.24, 2.45) is 0 Å². The third-order valence-electron chi connectivity index (χ3n) is 5.03. The molecule has 0 aliphatic carbocycles. The van der Waals surface area contributed by atoms with Gasteiger partial charge >= 0.3 is 0 Å². The summed E-state index contributed by atoms with van der Waals surface area (Å²) in [4.78, 5) is 15.6. The van der Waals surface area contributed by atoms with E-state index in [2.05, 4.69) is 20.5 Å². The van der Waals surface area contributed by atoms with Crippen molar-refractivity contribution >= 4 is 34.3 Å². The minimum absolute atomic E-state index is 0.0124. The molecule has 0 fully saturated rings. The number of carbonyl (C=O) groups is 1. The minimum atomic E-state index is -0.507. The zero-order chi connectivity index (χ0) is 22.8. The van der Waals surface area contributed by atoms with Crippen LogP contribution in [0.3, 0.4) is 0 Å². The van der Waals surface area contributed by atoms with E-state index in [-0.39, 0.29) is 23.2 Å². The fourth-order valence-electron chi connectivity index (χ4n) is 3.50. The van der Waals surface area contributed by atoms with Gasteiger partial charge in [0.05, 0.1) is 11.4 Å². The Morgan fingerprint density at radius 3 is 2.55 bits per heavy atom. The van der Waals surface area contributed by atoms with E-state index in [4.69, 9.17) is 0 Å². The van der Waals surface area contributed by atoms with Gasteiger partial charge in [-0.2, -0.15) is 0 Å². The highest BCUT2D eigenvalue weighted by atomic mass is 32.2. The summed E-state index contributed by atoms with van der Waals surface area (Å²) in [5.74, 6) is -0.712. The van der Waals surface area contributed by atoms with Crippen LogP contribution < -0.4 is 5.32 Å². The quantitative estimate of drug-likeness (QED) is 0.331. The Morgan fingerprint density at radius 1 is 0.970 bits per heavy atom. The number of anilines is 1. The van der Waals surface area contributed by atoms with Gasteiger partial charge in [0.15, 0.2) is 11.0 Å². The lowest BCUT2D eigenvalue weighted by Gasteiger charge is -2.10. The maximum Gasteiger partial charge on any atom is 0.234 e. The number of thioether (sulfide) groups is 1. The number of carbonyl (C=O) groups excluding carboxylic acids is 1. The molecule has 0 saturated carbocycles. The van der Waals surface area contributed by atoms with Crippen molar-refractivity contribution in [1.29, 1.82) is 0 Å². The molecule has 0 aliphatic heterocycles. The Balaban J connectivity index is 1.48. The summed E-state index contributed by atoms with van der Waals surface area (Å²) < 4.78 is 29.2. The molecule has 3 aromatic carbocycles. The van der Waals surface area contributed by atoms with Gasteiger partial charge in [-0.05, 0) is 42.5 Å². The van der Waals surface area contributed by atoms with Gasteiger partial charge in [-0.3, -0.25) is 9.36 Å². The second-order valence-electron chi connectivity index (χ2n) is 7.18. The van der Waals surface area contributed by atoms with Gasteiger partial charge in [0.2, 0.25) is 5.91 Å². The maximum absolute atomic E-state index is 13.8. The van der Waals surface area contributed by atoms with Crippen LogP contribution in [0.5, 0.6) is 0 Å². The molecule has 0 saturated heterocycles. The number of H-pyrrole nitrogens is 1. The van der Waals surface area contributed by atoms with Crippen molar-refractivity contribution in [1.82, 2.24) is 19.7 Å². The molecule has 0 bridgehead atoms. The average Bonchev–Trinajstić information content (AvgIpc) is 3.44. The van der Waals surface area contributed by atoms with Crippen LogP contribution >= 0.6 is 11.8 Å². The molecule has 6 nitrogen and oxygen atoms in total. The number of para-hydroxylation sites is 2. The number of fused-ring (bicyclic) bond motifs is 1. The summed E-state index contributed by atoms with van der Waals surface area (Å²) >= 11 is 1.15. The van der Waals surface area contributed by atoms with Gasteiger partial charge in [0.1, 0.15) is 11.6 Å². The van der Waals surface area contributed by atoms with E-state index in [1.165, 1.54) is 24.3 Å². The number of aromatic nitrogens is 4. The number of rotatable bonds is 6. The Hall–Kier alpha value is -3.98. The minimum Gasteiger partial charge on any atom is -0.360 e. The van der Waals surface area contributed by atoms with Crippen molar-refractivity contribution in [3.63, 3.8) is 0 Å². The molecule has 0 spiro atoms. The van der Waals surface area contributed by atoms with Crippen LogP contribution in [0, 0.1) is 11.6 Å². The van der Waals surface area contributed by atoms with E-state index in [0.717, 1.165) is 28.2 Å². The first kappa shape index (κ1) is 20.9. The first-order valence-electron chi connectivity index (χ1n) is 10.0. The number of benzene rings is 3. The SMILES string of the molecule is O=C(CSc1nnc(-c2c[nH]c3ccccc23)n1-c1ccc(F)cc1)Nc1ccccc1F. The first-order chi connectivity index (χ1) is 16.1. The predicted octanol–water partition coefficient (Wildman–Crippen LogP) is 5.42. The van der Waals surface area contributed by atoms with Gasteiger partial charge < -0.3 is 10.3 Å². The van der Waals surface area contributed by atoms with E-state index in [9.17, 15) is 13.6 Å². The number of nitrogens with one attached hydrogen (secondary N) is 2. The van der Waals surface area contributed by atoms with E-state index >= 15 is 0 Å². The first-order valence-corrected chi connectivity index (χ1v) is 11.0. The Kier molecular flexibility index (Phi) is 5.62. The second-order valence-corrected chi connectivity index (χ2v) is 8.13. The molecule has 0 aliphatic rings. The van der Waals surface area contributed by atoms with Crippen LogP contribution in [0.2, 0.25) is 0 Å². The average molecular weight is 461 g/mol. The number of halogens is 2. The second kappa shape index (κ2) is 8.87. The van der Waals surface area contributed by atoms with Crippen molar-refractivity contribution in [2.75, 3.05) is 11.1 Å². The summed E-state index contributed by atoms with van der Waals surface area (Å²) in [6.07, 6.45) is 1.84. The third-order valence-corrected chi connectivity index (χ3v) is 5.96. The predicted molar refractivity (Wildman–Crippen MR) is 124 cm³/mol. The molecule has 1 amide bonds. The molecule has 2 N–H and O–H groups in total. The van der Waals surface area contributed by atoms with Crippen molar-refractivity contribution in [3.05, 3.63) is 90.6 Å². The molecule has 5 rings (SSSR count). The van der Waals surface area contributed by atoms with Crippen molar-refractivity contribution in [3.8, 4) is 17.1 Å². The Morgan fingerprint density at radius 2 is 1.73 bits per heavy atom. The summed E-state index contributed by atoms with van der Waals surface area (Å²) in [5, 5.41) is 12.6. The van der Waals surface area contributed by atoms with Crippen LogP contribution in [0.15, 0.2) is 84.1 Å². The van der Waals surface area contributed by atoms with E-state index < -0.39 is 5.82 Å². The topological polar surface area (TPSA) is 75.6 Å². The number of aromatic amines is 1. The van der Waals surface area contributed by atoms with Crippen molar-refractivity contribution in [2.45, 2.75) is 5.16 Å². The number of amides is 1. The van der Waals surface area contributed by atoms with Crippen LogP contribution in [0.25, 0.3) is 28.0 Å². The number of hydrogen-bond donors (Lipinski definition) is 2.